The number of ether oxygens (including phenoxy) is 2. The Balaban J connectivity index is 3.44. The molecule has 0 saturated carbocycles. The third-order valence-corrected chi connectivity index (χ3v) is 5.94. The van der Waals surface area contributed by atoms with Crippen molar-refractivity contribution in [1.29, 1.82) is 0 Å². The number of esters is 2. The van der Waals surface area contributed by atoms with Crippen LogP contribution in [-0.4, -0.2) is 36.4 Å². The molecular weight excluding hydrogens is 464 g/mol. The molecule has 0 aromatic heterocycles. The van der Waals surface area contributed by atoms with E-state index in [4.69, 9.17) is 9.47 Å². The van der Waals surface area contributed by atoms with Crippen molar-refractivity contribution in [2.75, 3.05) is 13.2 Å². The number of aliphatic hydroxyl groups is 1. The van der Waals surface area contributed by atoms with E-state index < -0.39 is 6.10 Å². The van der Waals surface area contributed by atoms with Gasteiger partial charge >= 0.3 is 11.9 Å². The first-order valence-electron chi connectivity index (χ1n) is 14.7. The maximum absolute atomic E-state index is 11.9. The van der Waals surface area contributed by atoms with Gasteiger partial charge in [-0.2, -0.15) is 0 Å². The Morgan fingerprint density at radius 1 is 0.649 bits per heavy atom. The topological polar surface area (TPSA) is 72.8 Å². The molecule has 5 heteroatoms. The van der Waals surface area contributed by atoms with Crippen molar-refractivity contribution in [2.24, 2.45) is 0 Å². The Kier molecular flexibility index (Phi) is 26.8. The van der Waals surface area contributed by atoms with Gasteiger partial charge in [0.15, 0.2) is 6.10 Å². The molecule has 0 bridgehead atoms. The van der Waals surface area contributed by atoms with Crippen LogP contribution < -0.4 is 0 Å². The van der Waals surface area contributed by atoms with Gasteiger partial charge < -0.3 is 14.6 Å². The van der Waals surface area contributed by atoms with Crippen LogP contribution in [0.4, 0.5) is 0 Å². The van der Waals surface area contributed by atoms with E-state index in [0.717, 1.165) is 44.9 Å². The summed E-state index contributed by atoms with van der Waals surface area (Å²) in [6.45, 7) is 3.43. The monoisotopic (exact) mass is 518 g/mol. The molecule has 0 aromatic rings. The summed E-state index contributed by atoms with van der Waals surface area (Å²) in [7, 11) is 0. The number of hydrogen-bond acceptors (Lipinski definition) is 5. The summed E-state index contributed by atoms with van der Waals surface area (Å²) < 4.78 is 10.1. The van der Waals surface area contributed by atoms with Gasteiger partial charge in [0.25, 0.3) is 0 Å². The van der Waals surface area contributed by atoms with E-state index in [2.05, 4.69) is 55.5 Å². The molecule has 0 aliphatic carbocycles. The number of rotatable bonds is 25. The molecule has 1 atom stereocenters. The average molecular weight is 519 g/mol. The second kappa shape index (κ2) is 28.4. The SMILES string of the molecule is CC/C=C\C/C=C\C/C=C\C/C=C\CCCCCCCCCCCCC(=O)OC(CO)COC(=O)CC. The van der Waals surface area contributed by atoms with Crippen LogP contribution in [0.15, 0.2) is 48.6 Å². The van der Waals surface area contributed by atoms with Crippen LogP contribution in [0.3, 0.4) is 0 Å². The Hall–Kier alpha value is -2.14. The molecule has 0 fully saturated rings. The van der Waals surface area contributed by atoms with Crippen LogP contribution in [0.1, 0.15) is 123 Å². The largest absolute Gasteiger partial charge is 0.462 e. The summed E-state index contributed by atoms with van der Waals surface area (Å²) in [4.78, 5) is 23.0. The van der Waals surface area contributed by atoms with Crippen molar-refractivity contribution < 1.29 is 24.2 Å². The minimum Gasteiger partial charge on any atom is -0.462 e. The van der Waals surface area contributed by atoms with Crippen molar-refractivity contribution in [2.45, 2.75) is 129 Å². The number of unbranched alkanes of at least 4 members (excludes halogenated alkanes) is 10. The second-order valence-corrected chi connectivity index (χ2v) is 9.41. The van der Waals surface area contributed by atoms with Gasteiger partial charge in [-0.25, -0.2) is 0 Å². The van der Waals surface area contributed by atoms with Crippen LogP contribution in [0.2, 0.25) is 0 Å². The highest BCUT2D eigenvalue weighted by Gasteiger charge is 2.15. The third kappa shape index (κ3) is 26.7. The molecule has 0 saturated heterocycles. The van der Waals surface area contributed by atoms with Gasteiger partial charge in [0.1, 0.15) is 6.61 Å². The molecule has 0 aliphatic heterocycles. The van der Waals surface area contributed by atoms with Gasteiger partial charge in [0, 0.05) is 12.8 Å². The van der Waals surface area contributed by atoms with E-state index in [9.17, 15) is 14.7 Å². The second-order valence-electron chi connectivity index (χ2n) is 9.41. The molecule has 0 spiro atoms. The van der Waals surface area contributed by atoms with Crippen LogP contribution >= 0.6 is 0 Å². The fourth-order valence-corrected chi connectivity index (χ4v) is 3.70. The van der Waals surface area contributed by atoms with Crippen molar-refractivity contribution in [1.82, 2.24) is 0 Å². The zero-order valence-electron chi connectivity index (χ0n) is 23.7. The van der Waals surface area contributed by atoms with E-state index >= 15 is 0 Å². The molecule has 0 radical (unpaired) electrons. The average Bonchev–Trinajstić information content (AvgIpc) is 2.91. The number of carbonyl (C=O) groups excluding carboxylic acids is 2. The molecule has 1 unspecified atom stereocenters. The lowest BCUT2D eigenvalue weighted by Crippen LogP contribution is -2.28. The van der Waals surface area contributed by atoms with E-state index in [1.165, 1.54) is 51.4 Å². The molecule has 0 amide bonds. The van der Waals surface area contributed by atoms with Crippen LogP contribution in [0, 0.1) is 0 Å². The Bertz CT molecular complexity index is 648. The quantitative estimate of drug-likeness (QED) is 0.0747. The normalized spacial score (nSPS) is 12.8. The lowest BCUT2D eigenvalue weighted by atomic mass is 10.0. The number of aliphatic hydroxyl groups excluding tert-OH is 1. The van der Waals surface area contributed by atoms with Gasteiger partial charge in [-0.1, -0.05) is 114 Å². The van der Waals surface area contributed by atoms with Crippen LogP contribution in [0.5, 0.6) is 0 Å². The maximum atomic E-state index is 11.9. The highest BCUT2D eigenvalue weighted by molar-refractivity contribution is 5.70. The first-order chi connectivity index (χ1) is 18.1. The zero-order valence-corrected chi connectivity index (χ0v) is 23.7. The van der Waals surface area contributed by atoms with E-state index in [0.29, 0.717) is 6.42 Å². The predicted octanol–water partition coefficient (Wildman–Crippen LogP) is 8.33. The maximum Gasteiger partial charge on any atom is 0.306 e. The van der Waals surface area contributed by atoms with Gasteiger partial charge in [0.05, 0.1) is 6.61 Å². The molecule has 212 valence electrons. The number of allylic oxidation sites excluding steroid dienone is 8. The number of hydrogen-bond donors (Lipinski definition) is 1. The molecule has 0 rings (SSSR count). The highest BCUT2D eigenvalue weighted by Crippen LogP contribution is 2.13. The zero-order chi connectivity index (χ0) is 27.2. The van der Waals surface area contributed by atoms with E-state index in [1.54, 1.807) is 6.92 Å². The standard InChI is InChI=1S/C32H54O5/c1-3-5-6-7-8-9-10-11-12-13-14-15-16-17-18-19-20-21-22-23-24-25-26-27-32(35)37-30(28-33)29-36-31(34)4-2/h5-6,8-9,11-12,14-15,30,33H,3-4,7,10,13,16-29H2,1-2H3/b6-5-,9-8-,12-11-,15-14-. The van der Waals surface area contributed by atoms with Crippen LogP contribution in [-0.2, 0) is 19.1 Å². The minimum atomic E-state index is -0.767. The van der Waals surface area contributed by atoms with Crippen molar-refractivity contribution in [3.63, 3.8) is 0 Å². The first kappa shape index (κ1) is 34.9. The lowest BCUT2D eigenvalue weighted by molar-refractivity contribution is -0.161. The molecule has 1 N–H and O–H groups in total. The smallest absolute Gasteiger partial charge is 0.306 e. The van der Waals surface area contributed by atoms with Gasteiger partial charge in [0.2, 0.25) is 0 Å². The molecule has 0 heterocycles. The molecule has 5 nitrogen and oxygen atoms in total. The van der Waals surface area contributed by atoms with Gasteiger partial charge in [-0.15, -0.1) is 0 Å². The summed E-state index contributed by atoms with van der Waals surface area (Å²) in [6.07, 6.45) is 35.1. The molecule has 37 heavy (non-hydrogen) atoms. The fourth-order valence-electron chi connectivity index (χ4n) is 3.70. The van der Waals surface area contributed by atoms with Crippen molar-refractivity contribution >= 4 is 11.9 Å². The summed E-state index contributed by atoms with van der Waals surface area (Å²) >= 11 is 0. The van der Waals surface area contributed by atoms with Gasteiger partial charge in [-0.05, 0) is 44.9 Å². The Morgan fingerprint density at radius 3 is 1.65 bits per heavy atom. The highest BCUT2D eigenvalue weighted by atomic mass is 16.6. The fraction of sp³-hybridized carbons (Fsp3) is 0.688. The lowest BCUT2D eigenvalue weighted by Gasteiger charge is -2.15. The van der Waals surface area contributed by atoms with Crippen molar-refractivity contribution in [3.05, 3.63) is 48.6 Å². The Labute approximate surface area is 227 Å². The molecule has 0 aliphatic rings. The Morgan fingerprint density at radius 2 is 1.14 bits per heavy atom. The predicted molar refractivity (Wildman–Crippen MR) is 154 cm³/mol. The molecule has 0 aromatic carbocycles. The van der Waals surface area contributed by atoms with E-state index in [-0.39, 0.29) is 31.6 Å². The van der Waals surface area contributed by atoms with Crippen molar-refractivity contribution in [3.8, 4) is 0 Å². The summed E-state index contributed by atoms with van der Waals surface area (Å²) in [5.41, 5.74) is 0. The summed E-state index contributed by atoms with van der Waals surface area (Å²) in [5, 5.41) is 9.24. The third-order valence-electron chi connectivity index (χ3n) is 5.94. The minimum absolute atomic E-state index is 0.0840. The number of carbonyl (C=O) groups is 2. The summed E-state index contributed by atoms with van der Waals surface area (Å²) in [5.74, 6) is -0.701. The van der Waals surface area contributed by atoms with E-state index in [1.807, 2.05) is 0 Å². The van der Waals surface area contributed by atoms with Crippen LogP contribution in [0.25, 0.3) is 0 Å². The summed E-state index contributed by atoms with van der Waals surface area (Å²) in [6, 6.07) is 0. The molecular formula is C32H54O5. The first-order valence-corrected chi connectivity index (χ1v) is 14.7. The van der Waals surface area contributed by atoms with Gasteiger partial charge in [-0.3, -0.25) is 9.59 Å².